The van der Waals surface area contributed by atoms with Gasteiger partial charge in [-0.1, -0.05) is 12.1 Å². The first-order valence-corrected chi connectivity index (χ1v) is 13.9. The minimum atomic E-state index is 0.300. The molecule has 5 aromatic rings. The van der Waals surface area contributed by atoms with Gasteiger partial charge in [-0.05, 0) is 37.8 Å². The minimum absolute atomic E-state index is 0.300. The third-order valence-corrected chi connectivity index (χ3v) is 7.84. The lowest BCUT2D eigenvalue weighted by Gasteiger charge is -2.10. The van der Waals surface area contributed by atoms with Crippen molar-refractivity contribution in [3.05, 3.63) is 53.6 Å². The molecule has 0 radical (unpaired) electrons. The summed E-state index contributed by atoms with van der Waals surface area (Å²) in [5.41, 5.74) is 14.7. The van der Waals surface area contributed by atoms with E-state index in [1.165, 1.54) is 5.69 Å². The van der Waals surface area contributed by atoms with Crippen LogP contribution in [0.15, 0.2) is 41.7 Å². The summed E-state index contributed by atoms with van der Waals surface area (Å²) >= 11 is 0. The first-order valence-electron chi connectivity index (χ1n) is 13.9. The number of aryl methyl sites for hydroxylation is 1. The number of rotatable bonds is 9. The molecular formula is C30H33N9O2. The number of pyridine rings is 1. The average molecular weight is 552 g/mol. The van der Waals surface area contributed by atoms with Crippen molar-refractivity contribution >= 4 is 28.6 Å². The summed E-state index contributed by atoms with van der Waals surface area (Å²) in [6.07, 6.45) is 10.2. The van der Waals surface area contributed by atoms with Crippen LogP contribution in [0.3, 0.4) is 0 Å². The molecule has 11 heteroatoms. The zero-order chi connectivity index (χ0) is 28.2. The zero-order valence-corrected chi connectivity index (χ0v) is 23.7. The van der Waals surface area contributed by atoms with Crippen molar-refractivity contribution in [3.8, 4) is 28.5 Å². The Kier molecular flexibility index (Phi) is 6.11. The number of hydrogen-bond donors (Lipinski definition) is 1. The molecule has 2 N–H and O–H groups in total. The van der Waals surface area contributed by atoms with E-state index < -0.39 is 0 Å². The monoisotopic (exact) mass is 551 g/mol. The molecule has 0 bridgehead atoms. The summed E-state index contributed by atoms with van der Waals surface area (Å²) in [4.78, 5) is 15.1. The highest BCUT2D eigenvalue weighted by molar-refractivity contribution is 5.97. The molecule has 0 amide bonds. The summed E-state index contributed by atoms with van der Waals surface area (Å²) in [6.45, 7) is 0.300. The lowest BCUT2D eigenvalue weighted by molar-refractivity contribution is 0.119. The van der Waals surface area contributed by atoms with E-state index in [0.29, 0.717) is 35.8 Å². The van der Waals surface area contributed by atoms with Crippen LogP contribution in [0, 0.1) is 0 Å². The minimum Gasteiger partial charge on any atom is -0.478 e. The van der Waals surface area contributed by atoms with E-state index in [9.17, 15) is 0 Å². The second-order valence-corrected chi connectivity index (χ2v) is 11.0. The van der Waals surface area contributed by atoms with E-state index in [4.69, 9.17) is 30.2 Å². The summed E-state index contributed by atoms with van der Waals surface area (Å²) in [7, 11) is 7.25. The van der Waals surface area contributed by atoms with Crippen LogP contribution in [-0.2, 0) is 25.6 Å². The molecule has 4 aromatic heterocycles. The van der Waals surface area contributed by atoms with Crippen molar-refractivity contribution in [2.45, 2.75) is 44.2 Å². The van der Waals surface area contributed by atoms with E-state index in [0.717, 1.165) is 70.6 Å². The predicted molar refractivity (Wildman–Crippen MR) is 158 cm³/mol. The summed E-state index contributed by atoms with van der Waals surface area (Å²) in [5.74, 6) is 2.24. The number of methoxy groups -OCH3 is 2. The number of aliphatic imine (C=N–C) groups is 1. The highest BCUT2D eigenvalue weighted by Gasteiger charge is 2.35. The first kappa shape index (κ1) is 25.5. The number of benzene rings is 1. The fourth-order valence-electron chi connectivity index (χ4n) is 5.60. The van der Waals surface area contributed by atoms with Gasteiger partial charge in [-0.25, -0.2) is 19.6 Å². The van der Waals surface area contributed by atoms with Crippen LogP contribution in [0.4, 0.5) is 11.4 Å². The molecular weight excluding hydrogens is 518 g/mol. The molecule has 0 atom stereocenters. The quantitative estimate of drug-likeness (QED) is 0.203. The van der Waals surface area contributed by atoms with E-state index in [2.05, 4.69) is 33.9 Å². The molecule has 0 saturated heterocycles. The molecule has 1 aromatic carbocycles. The average Bonchev–Trinajstić information content (AvgIpc) is 3.88. The molecule has 2 fully saturated rings. The summed E-state index contributed by atoms with van der Waals surface area (Å²) in [6, 6.07) is 8.15. The molecule has 0 aliphatic heterocycles. The molecule has 2 saturated carbocycles. The molecule has 41 heavy (non-hydrogen) atoms. The lowest BCUT2D eigenvalue weighted by Crippen LogP contribution is -2.02. The summed E-state index contributed by atoms with van der Waals surface area (Å²) < 4.78 is 16.4. The predicted octanol–water partition coefficient (Wildman–Crippen LogP) is 4.93. The SMILES string of the molecule is COCn1cc(N=Cc2c(N)cccc2-c2nc(-c3cc4cn(C)nc4nc3C3CC3)n(C)c2C2CC2)c(OC)n1. The largest absolute Gasteiger partial charge is 0.478 e. The maximum Gasteiger partial charge on any atom is 0.258 e. The third-order valence-electron chi connectivity index (χ3n) is 7.84. The normalized spacial score (nSPS) is 15.4. The Bertz CT molecular complexity index is 1800. The van der Waals surface area contributed by atoms with E-state index in [-0.39, 0.29) is 0 Å². The van der Waals surface area contributed by atoms with Gasteiger partial charge in [0.2, 0.25) is 0 Å². The number of imidazole rings is 1. The van der Waals surface area contributed by atoms with Gasteiger partial charge < -0.3 is 19.8 Å². The second-order valence-electron chi connectivity index (χ2n) is 11.0. The maximum absolute atomic E-state index is 6.56. The summed E-state index contributed by atoms with van der Waals surface area (Å²) in [5, 5.41) is 9.96. The van der Waals surface area contributed by atoms with Gasteiger partial charge in [0, 0.05) is 78.9 Å². The van der Waals surface area contributed by atoms with E-state index in [1.54, 1.807) is 31.3 Å². The van der Waals surface area contributed by atoms with Crippen LogP contribution in [0.1, 0.15) is 54.5 Å². The molecule has 11 nitrogen and oxygen atoms in total. The smallest absolute Gasteiger partial charge is 0.258 e. The molecule has 7 rings (SSSR count). The molecule has 2 aliphatic carbocycles. The molecule has 4 heterocycles. The van der Waals surface area contributed by atoms with Gasteiger partial charge in [-0.3, -0.25) is 4.68 Å². The number of anilines is 1. The van der Waals surface area contributed by atoms with Crippen LogP contribution in [-0.4, -0.2) is 54.5 Å². The van der Waals surface area contributed by atoms with Crippen LogP contribution in [0.5, 0.6) is 5.88 Å². The van der Waals surface area contributed by atoms with Gasteiger partial charge in [0.25, 0.3) is 5.88 Å². The third kappa shape index (κ3) is 4.55. The standard InChI is InChI=1S/C30H33N9O2/c1-37-14-19-12-21(25(17-8-9-17)33-28(19)35-37)29-34-26(27(38(29)2)18-10-11-18)20-6-5-7-23(31)22(20)13-32-24-15-39(16-40-3)36-30(24)41-4/h5-7,12-15,17-18H,8-11,16,31H2,1-4H3. The Hall–Kier alpha value is -4.51. The lowest BCUT2D eigenvalue weighted by atomic mass is 10.0. The van der Waals surface area contributed by atoms with Crippen molar-refractivity contribution in [1.29, 1.82) is 0 Å². The Balaban J connectivity index is 1.37. The Morgan fingerprint density at radius 1 is 1.02 bits per heavy atom. The number of nitrogens with zero attached hydrogens (tertiary/aromatic N) is 8. The Morgan fingerprint density at radius 2 is 1.83 bits per heavy atom. The van der Waals surface area contributed by atoms with Crippen molar-refractivity contribution in [3.63, 3.8) is 0 Å². The van der Waals surface area contributed by atoms with Gasteiger partial charge >= 0.3 is 0 Å². The Labute approximate surface area is 237 Å². The van der Waals surface area contributed by atoms with Crippen molar-refractivity contribution in [1.82, 2.24) is 34.1 Å². The number of aromatic nitrogens is 7. The number of nitrogen functional groups attached to an aromatic ring is 1. The molecule has 2 aliphatic rings. The van der Waals surface area contributed by atoms with E-state index >= 15 is 0 Å². The maximum atomic E-state index is 6.56. The molecule has 0 spiro atoms. The van der Waals surface area contributed by atoms with Gasteiger partial charge in [0.15, 0.2) is 5.65 Å². The van der Waals surface area contributed by atoms with Crippen LogP contribution in [0.25, 0.3) is 33.7 Å². The van der Waals surface area contributed by atoms with E-state index in [1.807, 2.05) is 30.1 Å². The van der Waals surface area contributed by atoms with Gasteiger partial charge in [0.05, 0.1) is 24.7 Å². The second kappa shape index (κ2) is 9.84. The number of nitrogens with two attached hydrogens (primary N) is 1. The number of ether oxygens (including phenoxy) is 2. The fourth-order valence-corrected chi connectivity index (χ4v) is 5.60. The molecule has 0 unspecified atom stereocenters. The fraction of sp³-hybridized carbons (Fsp3) is 0.367. The topological polar surface area (TPSA) is 123 Å². The first-order chi connectivity index (χ1) is 19.9. The molecule has 210 valence electrons. The van der Waals surface area contributed by atoms with Crippen LogP contribution in [0.2, 0.25) is 0 Å². The van der Waals surface area contributed by atoms with Crippen molar-refractivity contribution < 1.29 is 9.47 Å². The van der Waals surface area contributed by atoms with Gasteiger partial charge in [0.1, 0.15) is 18.2 Å². The highest BCUT2D eigenvalue weighted by atomic mass is 16.5. The van der Waals surface area contributed by atoms with Crippen molar-refractivity contribution in [2.24, 2.45) is 19.1 Å². The van der Waals surface area contributed by atoms with Crippen molar-refractivity contribution in [2.75, 3.05) is 20.0 Å². The van der Waals surface area contributed by atoms with Crippen LogP contribution < -0.4 is 10.5 Å². The van der Waals surface area contributed by atoms with Gasteiger partial charge in [-0.15, -0.1) is 5.10 Å². The number of fused-ring (bicyclic) bond motifs is 1. The highest BCUT2D eigenvalue weighted by Crippen LogP contribution is 2.49. The number of hydrogen-bond acceptors (Lipinski definition) is 8. The zero-order valence-electron chi connectivity index (χ0n) is 23.7. The van der Waals surface area contributed by atoms with Gasteiger partial charge in [-0.2, -0.15) is 5.10 Å². The Morgan fingerprint density at radius 3 is 2.56 bits per heavy atom. The van der Waals surface area contributed by atoms with Crippen LogP contribution >= 0.6 is 0 Å².